The number of fused-ring (bicyclic) bond motifs is 1. The molecular formula is C15H12ClFN2O3S. The minimum absolute atomic E-state index is 0.00882. The summed E-state index contributed by atoms with van der Waals surface area (Å²) in [5, 5.41) is 0.295. The summed E-state index contributed by atoms with van der Waals surface area (Å²) in [4.78, 5) is 2.87. The first kappa shape index (κ1) is 15.6. The van der Waals surface area contributed by atoms with Gasteiger partial charge in [0.2, 0.25) is 0 Å². The standard InChI is InChI=1S/C15H12ClFN2O3S/c1-22-12-7-6-10(16)14(17)15(12)19-23(20,21)13-8-18-11-5-3-2-4-9(11)13/h2-8,18-19H,1H3. The second-order valence-electron chi connectivity index (χ2n) is 4.74. The van der Waals surface area contributed by atoms with Crippen molar-refractivity contribution in [3.8, 4) is 5.75 Å². The van der Waals surface area contributed by atoms with E-state index in [1.807, 2.05) is 0 Å². The molecule has 1 heterocycles. The van der Waals surface area contributed by atoms with E-state index in [-0.39, 0.29) is 21.4 Å². The molecule has 0 radical (unpaired) electrons. The normalized spacial score (nSPS) is 11.6. The summed E-state index contributed by atoms with van der Waals surface area (Å²) in [7, 11) is -2.72. The number of para-hydroxylation sites is 1. The third kappa shape index (κ3) is 2.73. The molecule has 3 aromatic rings. The number of halogens is 2. The fraction of sp³-hybridized carbons (Fsp3) is 0.0667. The van der Waals surface area contributed by atoms with Crippen LogP contribution in [0.5, 0.6) is 5.75 Å². The highest BCUT2D eigenvalue weighted by Crippen LogP contribution is 2.34. The van der Waals surface area contributed by atoms with Crippen LogP contribution < -0.4 is 9.46 Å². The molecule has 5 nitrogen and oxygen atoms in total. The zero-order chi connectivity index (χ0) is 16.6. The number of H-pyrrole nitrogens is 1. The van der Waals surface area contributed by atoms with Crippen LogP contribution in [0.15, 0.2) is 47.5 Å². The summed E-state index contributed by atoms with van der Waals surface area (Å²) in [6.45, 7) is 0. The van der Waals surface area contributed by atoms with Gasteiger partial charge < -0.3 is 9.72 Å². The SMILES string of the molecule is COc1ccc(Cl)c(F)c1NS(=O)(=O)c1c[nH]c2ccccc12. The van der Waals surface area contributed by atoms with Gasteiger partial charge in [-0.3, -0.25) is 4.72 Å². The maximum atomic E-state index is 14.2. The van der Waals surface area contributed by atoms with Gasteiger partial charge in [0, 0.05) is 17.1 Å². The molecule has 2 aromatic carbocycles. The van der Waals surface area contributed by atoms with Crippen molar-refractivity contribution in [2.24, 2.45) is 0 Å². The Balaban J connectivity index is 2.11. The van der Waals surface area contributed by atoms with Gasteiger partial charge >= 0.3 is 0 Å². The van der Waals surface area contributed by atoms with Crippen molar-refractivity contribution in [1.82, 2.24) is 4.98 Å². The van der Waals surface area contributed by atoms with Gasteiger partial charge in [-0.1, -0.05) is 29.8 Å². The molecular weight excluding hydrogens is 343 g/mol. The van der Waals surface area contributed by atoms with Crippen LogP contribution in [0.3, 0.4) is 0 Å². The lowest BCUT2D eigenvalue weighted by Crippen LogP contribution is -2.14. The number of rotatable bonds is 4. The molecule has 0 unspecified atom stereocenters. The summed E-state index contributed by atoms with van der Waals surface area (Å²) < 4.78 is 46.6. The van der Waals surface area contributed by atoms with Gasteiger partial charge in [0.15, 0.2) is 5.82 Å². The van der Waals surface area contributed by atoms with Gasteiger partial charge in [-0.05, 0) is 18.2 Å². The number of benzene rings is 2. The maximum Gasteiger partial charge on any atom is 0.264 e. The number of ether oxygens (including phenoxy) is 1. The molecule has 0 saturated carbocycles. The van der Waals surface area contributed by atoms with Crippen molar-refractivity contribution in [1.29, 1.82) is 0 Å². The number of anilines is 1. The molecule has 120 valence electrons. The van der Waals surface area contributed by atoms with Gasteiger partial charge in [0.05, 0.1) is 12.1 Å². The third-order valence-electron chi connectivity index (χ3n) is 3.35. The lowest BCUT2D eigenvalue weighted by Gasteiger charge is -2.13. The molecule has 2 N–H and O–H groups in total. The Kier molecular flexibility index (Phi) is 3.91. The predicted molar refractivity (Wildman–Crippen MR) is 87.1 cm³/mol. The van der Waals surface area contributed by atoms with E-state index < -0.39 is 15.8 Å². The largest absolute Gasteiger partial charge is 0.494 e. The van der Waals surface area contributed by atoms with Crippen LogP contribution in [0.4, 0.5) is 10.1 Å². The highest BCUT2D eigenvalue weighted by atomic mass is 35.5. The van der Waals surface area contributed by atoms with Crippen LogP contribution in [0, 0.1) is 5.82 Å². The van der Waals surface area contributed by atoms with Crippen LogP contribution in [0.2, 0.25) is 5.02 Å². The van der Waals surface area contributed by atoms with Crippen molar-refractivity contribution in [3.63, 3.8) is 0 Å². The van der Waals surface area contributed by atoms with Crippen molar-refractivity contribution in [2.45, 2.75) is 4.90 Å². The molecule has 3 rings (SSSR count). The van der Waals surface area contributed by atoms with Crippen LogP contribution in [-0.2, 0) is 10.0 Å². The number of aromatic nitrogens is 1. The zero-order valence-electron chi connectivity index (χ0n) is 11.9. The first-order valence-corrected chi connectivity index (χ1v) is 8.41. The summed E-state index contributed by atoms with van der Waals surface area (Å²) in [6.07, 6.45) is 1.35. The van der Waals surface area contributed by atoms with Gasteiger partial charge in [-0.2, -0.15) is 0 Å². The Labute approximate surface area is 137 Å². The molecule has 0 aliphatic heterocycles. The minimum Gasteiger partial charge on any atom is -0.494 e. The number of sulfonamides is 1. The fourth-order valence-electron chi connectivity index (χ4n) is 2.25. The van der Waals surface area contributed by atoms with E-state index in [1.54, 1.807) is 24.3 Å². The van der Waals surface area contributed by atoms with E-state index in [2.05, 4.69) is 9.71 Å². The molecule has 0 bridgehead atoms. The highest BCUT2D eigenvalue weighted by Gasteiger charge is 2.23. The Morgan fingerprint density at radius 3 is 2.70 bits per heavy atom. The molecule has 0 atom stereocenters. The van der Waals surface area contributed by atoms with Gasteiger partial charge in [0.25, 0.3) is 10.0 Å². The van der Waals surface area contributed by atoms with Crippen LogP contribution in [0.1, 0.15) is 0 Å². The second kappa shape index (κ2) is 5.75. The summed E-state index contributed by atoms with van der Waals surface area (Å²) in [5.74, 6) is -0.857. The van der Waals surface area contributed by atoms with E-state index >= 15 is 0 Å². The monoisotopic (exact) mass is 354 g/mol. The van der Waals surface area contributed by atoms with Crippen molar-refractivity contribution >= 4 is 38.2 Å². The lowest BCUT2D eigenvalue weighted by atomic mass is 10.2. The van der Waals surface area contributed by atoms with Crippen LogP contribution in [0.25, 0.3) is 10.9 Å². The lowest BCUT2D eigenvalue weighted by molar-refractivity contribution is 0.414. The number of hydrogen-bond acceptors (Lipinski definition) is 3. The smallest absolute Gasteiger partial charge is 0.264 e. The number of nitrogens with one attached hydrogen (secondary N) is 2. The molecule has 23 heavy (non-hydrogen) atoms. The Morgan fingerprint density at radius 2 is 1.96 bits per heavy atom. The Bertz CT molecular complexity index is 986. The van der Waals surface area contributed by atoms with Gasteiger partial charge in [0.1, 0.15) is 16.3 Å². The fourth-order valence-corrected chi connectivity index (χ4v) is 3.66. The van der Waals surface area contributed by atoms with Crippen LogP contribution in [-0.4, -0.2) is 20.5 Å². The van der Waals surface area contributed by atoms with Crippen molar-refractivity contribution < 1.29 is 17.5 Å². The van der Waals surface area contributed by atoms with E-state index in [9.17, 15) is 12.8 Å². The van der Waals surface area contributed by atoms with E-state index in [0.29, 0.717) is 10.9 Å². The average Bonchev–Trinajstić information content (AvgIpc) is 2.97. The summed E-state index contributed by atoms with van der Waals surface area (Å²) in [5.41, 5.74) is 0.330. The van der Waals surface area contributed by atoms with Crippen LogP contribution >= 0.6 is 11.6 Å². The molecule has 0 aliphatic rings. The minimum atomic E-state index is -4.03. The van der Waals surface area contributed by atoms with E-state index in [0.717, 1.165) is 0 Å². The molecule has 0 saturated heterocycles. The first-order valence-electron chi connectivity index (χ1n) is 6.55. The van der Waals surface area contributed by atoms with Crippen molar-refractivity contribution in [3.05, 3.63) is 53.4 Å². The topological polar surface area (TPSA) is 71.2 Å². The quantitative estimate of drug-likeness (QED) is 0.749. The molecule has 1 aromatic heterocycles. The van der Waals surface area contributed by atoms with Gasteiger partial charge in [-0.25, -0.2) is 12.8 Å². The van der Waals surface area contributed by atoms with E-state index in [1.165, 1.54) is 25.4 Å². The van der Waals surface area contributed by atoms with Gasteiger partial charge in [-0.15, -0.1) is 0 Å². The number of methoxy groups -OCH3 is 1. The molecule has 0 spiro atoms. The molecule has 0 aliphatic carbocycles. The Hall–Kier alpha value is -2.25. The van der Waals surface area contributed by atoms with Crippen molar-refractivity contribution in [2.75, 3.05) is 11.8 Å². The molecule has 0 fully saturated rings. The number of aromatic amines is 1. The summed E-state index contributed by atoms with van der Waals surface area (Å²) in [6, 6.07) is 9.58. The second-order valence-corrected chi connectivity index (χ2v) is 6.80. The first-order chi connectivity index (χ1) is 10.9. The maximum absolute atomic E-state index is 14.2. The highest BCUT2D eigenvalue weighted by molar-refractivity contribution is 7.93. The zero-order valence-corrected chi connectivity index (χ0v) is 13.5. The molecule has 0 amide bonds. The molecule has 8 heteroatoms. The predicted octanol–water partition coefficient (Wildman–Crippen LogP) is 3.77. The average molecular weight is 355 g/mol. The van der Waals surface area contributed by atoms with E-state index in [4.69, 9.17) is 16.3 Å². The Morgan fingerprint density at radius 1 is 1.22 bits per heavy atom. The third-order valence-corrected chi connectivity index (χ3v) is 5.04. The summed E-state index contributed by atoms with van der Waals surface area (Å²) >= 11 is 5.72. The number of hydrogen-bond donors (Lipinski definition) is 2.